The first kappa shape index (κ1) is 20.4. The number of phenols is 1. The highest BCUT2D eigenvalue weighted by molar-refractivity contribution is 7.22. The van der Waals surface area contributed by atoms with Crippen LogP contribution in [0.1, 0.15) is 11.1 Å². The summed E-state index contributed by atoms with van der Waals surface area (Å²) >= 11 is 1.34. The molecule has 4 N–H and O–H groups in total. The molecule has 0 atom stereocenters. The van der Waals surface area contributed by atoms with Crippen LogP contribution in [0.15, 0.2) is 72.8 Å². The van der Waals surface area contributed by atoms with Crippen LogP contribution in [0.3, 0.4) is 0 Å². The van der Waals surface area contributed by atoms with Crippen molar-refractivity contribution in [3.63, 3.8) is 0 Å². The van der Waals surface area contributed by atoms with Gasteiger partial charge >= 0.3 is 6.03 Å². The fourth-order valence-electron chi connectivity index (χ4n) is 2.97. The summed E-state index contributed by atoms with van der Waals surface area (Å²) < 4.78 is 0.848. The number of anilines is 2. The van der Waals surface area contributed by atoms with Crippen LogP contribution in [0.25, 0.3) is 10.2 Å². The molecule has 0 aliphatic heterocycles. The molecule has 0 aliphatic rings. The first-order valence-electron chi connectivity index (χ1n) is 9.62. The molecule has 0 bridgehead atoms. The number of carbonyl (C=O) groups excluding carboxylic acids is 2. The number of hydrogen-bond acceptors (Lipinski definition) is 5. The minimum atomic E-state index is -0.296. The molecule has 0 unspecified atom stereocenters. The third kappa shape index (κ3) is 5.58. The van der Waals surface area contributed by atoms with Gasteiger partial charge in [-0.05, 0) is 41.5 Å². The van der Waals surface area contributed by atoms with E-state index in [1.54, 1.807) is 36.4 Å². The Morgan fingerprint density at radius 3 is 2.45 bits per heavy atom. The zero-order valence-corrected chi connectivity index (χ0v) is 17.3. The first-order chi connectivity index (χ1) is 15.0. The van der Waals surface area contributed by atoms with Gasteiger partial charge in [0.15, 0.2) is 5.13 Å². The zero-order chi connectivity index (χ0) is 21.6. The van der Waals surface area contributed by atoms with E-state index in [1.807, 2.05) is 36.4 Å². The third-order valence-electron chi connectivity index (χ3n) is 4.49. The van der Waals surface area contributed by atoms with Crippen molar-refractivity contribution in [3.05, 3.63) is 83.9 Å². The monoisotopic (exact) mass is 432 g/mol. The van der Waals surface area contributed by atoms with Gasteiger partial charge in [0.1, 0.15) is 5.75 Å². The van der Waals surface area contributed by atoms with E-state index in [0.29, 0.717) is 17.4 Å². The van der Waals surface area contributed by atoms with Gasteiger partial charge in [-0.2, -0.15) is 0 Å². The molecular formula is C23H20N4O3S. The standard InChI is InChI=1S/C23H20N4O3S/c28-18-9-6-15(7-10-18)12-21(29)27-23-26-19-11-8-17(13-20(19)31-23)25-22(30)24-14-16-4-2-1-3-5-16/h1-11,13,28H,12,14H2,(H2,24,25,30)(H,26,27,29). The Hall–Kier alpha value is -3.91. The molecule has 4 rings (SSSR count). The van der Waals surface area contributed by atoms with Gasteiger partial charge in [0, 0.05) is 12.2 Å². The van der Waals surface area contributed by atoms with Crippen LogP contribution in [0, 0.1) is 0 Å². The van der Waals surface area contributed by atoms with Crippen LogP contribution in [0.4, 0.5) is 15.6 Å². The summed E-state index contributed by atoms with van der Waals surface area (Å²) in [7, 11) is 0. The van der Waals surface area contributed by atoms with Gasteiger partial charge in [-0.15, -0.1) is 0 Å². The predicted octanol–water partition coefficient (Wildman–Crippen LogP) is 4.50. The van der Waals surface area contributed by atoms with E-state index in [1.165, 1.54) is 11.3 Å². The lowest BCUT2D eigenvalue weighted by atomic mass is 10.1. The van der Waals surface area contributed by atoms with Crippen molar-refractivity contribution >= 4 is 44.3 Å². The molecule has 1 heterocycles. The largest absolute Gasteiger partial charge is 0.508 e. The van der Waals surface area contributed by atoms with Crippen molar-refractivity contribution in [2.24, 2.45) is 0 Å². The molecule has 0 fully saturated rings. The number of aromatic hydroxyl groups is 1. The van der Waals surface area contributed by atoms with Crippen LogP contribution in [-0.2, 0) is 17.8 Å². The van der Waals surface area contributed by atoms with Gasteiger partial charge in [0.25, 0.3) is 0 Å². The highest BCUT2D eigenvalue weighted by Gasteiger charge is 2.10. The lowest BCUT2D eigenvalue weighted by molar-refractivity contribution is -0.115. The molecule has 1 aromatic heterocycles. The number of fused-ring (bicyclic) bond motifs is 1. The summed E-state index contributed by atoms with van der Waals surface area (Å²) in [6.07, 6.45) is 0.185. The van der Waals surface area contributed by atoms with E-state index < -0.39 is 0 Å². The summed E-state index contributed by atoms with van der Waals surface area (Å²) in [5, 5.41) is 18.2. The Morgan fingerprint density at radius 2 is 1.68 bits per heavy atom. The summed E-state index contributed by atoms with van der Waals surface area (Å²) in [6, 6.07) is 21.3. The van der Waals surface area contributed by atoms with E-state index in [0.717, 1.165) is 21.3 Å². The number of carbonyl (C=O) groups is 2. The van der Waals surface area contributed by atoms with E-state index in [9.17, 15) is 14.7 Å². The normalized spacial score (nSPS) is 10.6. The second-order valence-corrected chi connectivity index (χ2v) is 7.92. The molecule has 8 heteroatoms. The first-order valence-corrected chi connectivity index (χ1v) is 10.4. The summed E-state index contributed by atoms with van der Waals surface area (Å²) in [6.45, 7) is 0.437. The van der Waals surface area contributed by atoms with Crippen molar-refractivity contribution in [3.8, 4) is 5.75 Å². The van der Waals surface area contributed by atoms with Gasteiger partial charge in [-0.1, -0.05) is 53.8 Å². The van der Waals surface area contributed by atoms with Crippen molar-refractivity contribution < 1.29 is 14.7 Å². The van der Waals surface area contributed by atoms with Gasteiger partial charge < -0.3 is 21.1 Å². The van der Waals surface area contributed by atoms with Crippen LogP contribution in [-0.4, -0.2) is 22.0 Å². The number of benzene rings is 3. The number of aromatic nitrogens is 1. The molecule has 0 saturated heterocycles. The summed E-state index contributed by atoms with van der Waals surface area (Å²) in [5.74, 6) is -0.0307. The topological polar surface area (TPSA) is 103 Å². The van der Waals surface area contributed by atoms with E-state index in [2.05, 4.69) is 20.9 Å². The van der Waals surface area contributed by atoms with Gasteiger partial charge in [0.2, 0.25) is 5.91 Å². The number of hydrogen-bond donors (Lipinski definition) is 4. The number of amides is 3. The molecule has 0 spiro atoms. The maximum atomic E-state index is 12.3. The zero-order valence-electron chi connectivity index (χ0n) is 16.5. The molecule has 3 aromatic carbocycles. The van der Waals surface area contributed by atoms with Crippen LogP contribution in [0.5, 0.6) is 5.75 Å². The molecule has 0 radical (unpaired) electrons. The Balaban J connectivity index is 1.35. The molecule has 4 aromatic rings. The van der Waals surface area contributed by atoms with E-state index in [-0.39, 0.29) is 24.1 Å². The van der Waals surface area contributed by atoms with Crippen molar-refractivity contribution in [1.29, 1.82) is 0 Å². The Bertz CT molecular complexity index is 1210. The van der Waals surface area contributed by atoms with Gasteiger partial charge in [-0.25, -0.2) is 9.78 Å². The second-order valence-electron chi connectivity index (χ2n) is 6.89. The average molecular weight is 433 g/mol. The highest BCUT2D eigenvalue weighted by Crippen LogP contribution is 2.28. The molecule has 0 saturated carbocycles. The quantitative estimate of drug-likeness (QED) is 0.360. The fourth-order valence-corrected chi connectivity index (χ4v) is 3.89. The number of nitrogens with one attached hydrogen (secondary N) is 3. The minimum absolute atomic E-state index is 0.161. The van der Waals surface area contributed by atoms with E-state index in [4.69, 9.17) is 0 Å². The lowest BCUT2D eigenvalue weighted by Gasteiger charge is -2.07. The van der Waals surface area contributed by atoms with Crippen molar-refractivity contribution in [2.75, 3.05) is 10.6 Å². The lowest BCUT2D eigenvalue weighted by Crippen LogP contribution is -2.28. The number of urea groups is 1. The summed E-state index contributed by atoms with van der Waals surface area (Å²) in [4.78, 5) is 28.9. The number of phenolic OH excluding ortho intramolecular Hbond substituents is 1. The molecule has 156 valence electrons. The summed E-state index contributed by atoms with van der Waals surface area (Å²) in [5.41, 5.74) is 3.19. The van der Waals surface area contributed by atoms with Crippen molar-refractivity contribution in [2.45, 2.75) is 13.0 Å². The number of nitrogens with zero attached hydrogens (tertiary/aromatic N) is 1. The SMILES string of the molecule is O=C(Cc1ccc(O)cc1)Nc1nc2ccc(NC(=O)NCc3ccccc3)cc2s1. The van der Waals surface area contributed by atoms with Crippen LogP contribution >= 0.6 is 11.3 Å². The Labute approximate surface area is 182 Å². The smallest absolute Gasteiger partial charge is 0.319 e. The molecular weight excluding hydrogens is 412 g/mol. The molecule has 31 heavy (non-hydrogen) atoms. The molecule has 0 aliphatic carbocycles. The van der Waals surface area contributed by atoms with Crippen LogP contribution in [0.2, 0.25) is 0 Å². The van der Waals surface area contributed by atoms with Crippen LogP contribution < -0.4 is 16.0 Å². The fraction of sp³-hybridized carbons (Fsp3) is 0.0870. The predicted molar refractivity (Wildman–Crippen MR) is 122 cm³/mol. The maximum absolute atomic E-state index is 12.3. The highest BCUT2D eigenvalue weighted by atomic mass is 32.1. The Morgan fingerprint density at radius 1 is 0.903 bits per heavy atom. The minimum Gasteiger partial charge on any atom is -0.508 e. The van der Waals surface area contributed by atoms with Gasteiger partial charge in [-0.3, -0.25) is 4.79 Å². The van der Waals surface area contributed by atoms with E-state index >= 15 is 0 Å². The number of thiazole rings is 1. The van der Waals surface area contributed by atoms with Gasteiger partial charge in [0.05, 0.1) is 16.6 Å². The average Bonchev–Trinajstić information content (AvgIpc) is 3.16. The Kier molecular flexibility index (Phi) is 6.09. The maximum Gasteiger partial charge on any atom is 0.319 e. The second kappa shape index (κ2) is 9.27. The third-order valence-corrected chi connectivity index (χ3v) is 5.42. The molecule has 7 nitrogen and oxygen atoms in total. The number of rotatable bonds is 6. The van der Waals surface area contributed by atoms with Crippen molar-refractivity contribution in [1.82, 2.24) is 10.3 Å². The molecule has 3 amide bonds.